The van der Waals surface area contributed by atoms with Crippen LogP contribution in [0.4, 0.5) is 5.95 Å². The van der Waals surface area contributed by atoms with E-state index in [0.29, 0.717) is 23.7 Å². The highest BCUT2D eigenvalue weighted by molar-refractivity contribution is 5.74. The van der Waals surface area contributed by atoms with Gasteiger partial charge < -0.3 is 9.88 Å². The second-order valence-electron chi connectivity index (χ2n) is 5.80. The topological polar surface area (TPSA) is 84.7 Å². The van der Waals surface area contributed by atoms with Gasteiger partial charge in [-0.25, -0.2) is 4.79 Å². The number of imidazole rings is 1. The summed E-state index contributed by atoms with van der Waals surface area (Å²) in [5, 5.41) is 3.18. The van der Waals surface area contributed by atoms with E-state index in [1.807, 2.05) is 18.4 Å². The summed E-state index contributed by atoms with van der Waals surface area (Å²) in [4.78, 5) is 31.7. The van der Waals surface area contributed by atoms with E-state index < -0.39 is 0 Å². The molecule has 0 aromatic carbocycles. The van der Waals surface area contributed by atoms with Gasteiger partial charge in [0, 0.05) is 19.1 Å². The van der Waals surface area contributed by atoms with Crippen molar-refractivity contribution in [2.24, 2.45) is 0 Å². The molecule has 0 radical (unpaired) electrons. The molecular weight excluding hydrogens is 282 g/mol. The van der Waals surface area contributed by atoms with Crippen LogP contribution in [0.5, 0.6) is 0 Å². The van der Waals surface area contributed by atoms with Crippen LogP contribution in [-0.2, 0) is 6.54 Å². The van der Waals surface area contributed by atoms with Crippen molar-refractivity contribution in [1.29, 1.82) is 0 Å². The highest BCUT2D eigenvalue weighted by Crippen LogP contribution is 2.29. The molecule has 0 unspecified atom stereocenters. The van der Waals surface area contributed by atoms with Crippen LogP contribution >= 0.6 is 0 Å². The normalized spacial score (nSPS) is 16.3. The van der Waals surface area contributed by atoms with E-state index in [2.05, 4.69) is 15.3 Å². The van der Waals surface area contributed by atoms with Gasteiger partial charge in [0.1, 0.15) is 0 Å². The zero-order valence-corrected chi connectivity index (χ0v) is 13.2. The molecule has 1 aliphatic rings. The summed E-state index contributed by atoms with van der Waals surface area (Å²) in [5.41, 5.74) is 0.306. The maximum Gasteiger partial charge on any atom is 0.330 e. The van der Waals surface area contributed by atoms with Crippen LogP contribution in [0.15, 0.2) is 9.59 Å². The van der Waals surface area contributed by atoms with Crippen LogP contribution in [0.1, 0.15) is 52.0 Å². The molecule has 0 saturated heterocycles. The van der Waals surface area contributed by atoms with Crippen molar-refractivity contribution in [1.82, 2.24) is 19.1 Å². The lowest BCUT2D eigenvalue weighted by Crippen LogP contribution is -2.34. The molecule has 0 amide bonds. The third-order valence-corrected chi connectivity index (χ3v) is 4.42. The van der Waals surface area contributed by atoms with Crippen molar-refractivity contribution in [3.63, 3.8) is 0 Å². The number of aryl methyl sites for hydroxylation is 1. The molecule has 2 aromatic rings. The van der Waals surface area contributed by atoms with Gasteiger partial charge in [-0.05, 0) is 26.7 Å². The van der Waals surface area contributed by atoms with Crippen LogP contribution in [-0.4, -0.2) is 25.6 Å². The van der Waals surface area contributed by atoms with Crippen molar-refractivity contribution in [2.75, 3.05) is 11.9 Å². The van der Waals surface area contributed by atoms with Gasteiger partial charge in [0.2, 0.25) is 5.95 Å². The molecule has 0 spiro atoms. The second kappa shape index (κ2) is 5.98. The third kappa shape index (κ3) is 2.34. The van der Waals surface area contributed by atoms with Crippen molar-refractivity contribution < 1.29 is 0 Å². The molecule has 3 rings (SSSR count). The predicted octanol–water partition coefficient (Wildman–Crippen LogP) is 1.84. The Hall–Kier alpha value is -2.05. The zero-order chi connectivity index (χ0) is 15.7. The summed E-state index contributed by atoms with van der Waals surface area (Å²) >= 11 is 0. The van der Waals surface area contributed by atoms with Gasteiger partial charge in [0.25, 0.3) is 5.56 Å². The van der Waals surface area contributed by atoms with Crippen molar-refractivity contribution in [2.45, 2.75) is 58.5 Å². The Labute approximate surface area is 128 Å². The molecule has 0 bridgehead atoms. The lowest BCUT2D eigenvalue weighted by Gasteiger charge is -2.23. The summed E-state index contributed by atoms with van der Waals surface area (Å²) in [6.45, 7) is 5.30. The number of aromatic nitrogens is 4. The SMILES string of the molecule is CCNc1nc2c(c(=O)[nH]c(=O)n2C2CCCCC2)n1CC. The van der Waals surface area contributed by atoms with Gasteiger partial charge in [-0.3, -0.25) is 14.3 Å². The number of aromatic amines is 1. The van der Waals surface area contributed by atoms with E-state index in [4.69, 9.17) is 0 Å². The molecular formula is C15H23N5O2. The third-order valence-electron chi connectivity index (χ3n) is 4.42. The Morgan fingerprint density at radius 2 is 1.95 bits per heavy atom. The zero-order valence-electron chi connectivity index (χ0n) is 13.2. The Morgan fingerprint density at radius 3 is 2.59 bits per heavy atom. The van der Waals surface area contributed by atoms with Crippen LogP contribution in [0.25, 0.3) is 11.2 Å². The number of hydrogen-bond donors (Lipinski definition) is 2. The second-order valence-corrected chi connectivity index (χ2v) is 5.80. The lowest BCUT2D eigenvalue weighted by molar-refractivity contribution is 0.349. The minimum Gasteiger partial charge on any atom is -0.356 e. The van der Waals surface area contributed by atoms with Crippen LogP contribution < -0.4 is 16.6 Å². The van der Waals surface area contributed by atoms with Crippen LogP contribution in [0.2, 0.25) is 0 Å². The van der Waals surface area contributed by atoms with Crippen LogP contribution in [0, 0.1) is 0 Å². The van der Waals surface area contributed by atoms with Gasteiger partial charge in [-0.15, -0.1) is 0 Å². The lowest BCUT2D eigenvalue weighted by atomic mass is 9.95. The Morgan fingerprint density at radius 1 is 1.23 bits per heavy atom. The number of rotatable bonds is 4. The number of H-pyrrole nitrogens is 1. The Balaban J connectivity index is 2.27. The number of nitrogens with one attached hydrogen (secondary N) is 2. The average Bonchev–Trinajstić information content (AvgIpc) is 2.87. The smallest absolute Gasteiger partial charge is 0.330 e. The van der Waals surface area contributed by atoms with E-state index in [1.54, 1.807) is 4.57 Å². The Bertz CT molecular complexity index is 780. The number of hydrogen-bond acceptors (Lipinski definition) is 4. The molecule has 22 heavy (non-hydrogen) atoms. The summed E-state index contributed by atoms with van der Waals surface area (Å²) in [6.07, 6.45) is 5.38. The van der Waals surface area contributed by atoms with E-state index in [-0.39, 0.29) is 17.3 Å². The van der Waals surface area contributed by atoms with Gasteiger partial charge in [0.05, 0.1) is 0 Å². The van der Waals surface area contributed by atoms with Crippen molar-refractivity contribution in [3.05, 3.63) is 20.8 Å². The van der Waals surface area contributed by atoms with E-state index in [1.165, 1.54) is 6.42 Å². The largest absolute Gasteiger partial charge is 0.356 e. The van der Waals surface area contributed by atoms with Gasteiger partial charge in [0.15, 0.2) is 11.2 Å². The summed E-state index contributed by atoms with van der Waals surface area (Å²) < 4.78 is 3.54. The van der Waals surface area contributed by atoms with Crippen molar-refractivity contribution >= 4 is 17.1 Å². The molecule has 120 valence electrons. The summed E-state index contributed by atoms with van der Waals surface area (Å²) in [5.74, 6) is 0.653. The number of fused-ring (bicyclic) bond motifs is 1. The standard InChI is InChI=1S/C15H23N5O2/c1-3-16-14-17-12-11(19(14)4-2)13(21)18-15(22)20(12)10-8-6-5-7-9-10/h10H,3-9H2,1-2H3,(H,16,17)(H,18,21,22). The quantitative estimate of drug-likeness (QED) is 0.902. The van der Waals surface area contributed by atoms with Gasteiger partial charge >= 0.3 is 5.69 Å². The van der Waals surface area contributed by atoms with E-state index in [9.17, 15) is 9.59 Å². The maximum atomic E-state index is 12.4. The molecule has 2 N–H and O–H groups in total. The highest BCUT2D eigenvalue weighted by atomic mass is 16.2. The van der Waals surface area contributed by atoms with Gasteiger partial charge in [-0.1, -0.05) is 19.3 Å². The van der Waals surface area contributed by atoms with Gasteiger partial charge in [-0.2, -0.15) is 4.98 Å². The predicted molar refractivity (Wildman–Crippen MR) is 86.6 cm³/mol. The molecule has 1 saturated carbocycles. The number of nitrogens with zero attached hydrogens (tertiary/aromatic N) is 3. The fraction of sp³-hybridized carbons (Fsp3) is 0.667. The molecule has 2 heterocycles. The highest BCUT2D eigenvalue weighted by Gasteiger charge is 2.23. The minimum atomic E-state index is -0.356. The molecule has 1 aliphatic carbocycles. The summed E-state index contributed by atoms with van der Waals surface area (Å²) in [6, 6.07) is 0.135. The van der Waals surface area contributed by atoms with Crippen molar-refractivity contribution in [3.8, 4) is 0 Å². The van der Waals surface area contributed by atoms with E-state index in [0.717, 1.165) is 32.2 Å². The fourth-order valence-electron chi connectivity index (χ4n) is 3.42. The molecule has 7 heteroatoms. The first-order valence-corrected chi connectivity index (χ1v) is 8.16. The van der Waals surface area contributed by atoms with E-state index >= 15 is 0 Å². The average molecular weight is 305 g/mol. The summed E-state index contributed by atoms with van der Waals surface area (Å²) in [7, 11) is 0. The molecule has 0 aliphatic heterocycles. The minimum absolute atomic E-state index is 0.135. The fourth-order valence-corrected chi connectivity index (χ4v) is 3.42. The number of anilines is 1. The first-order chi connectivity index (χ1) is 10.7. The molecule has 7 nitrogen and oxygen atoms in total. The first kappa shape index (κ1) is 14.9. The van der Waals surface area contributed by atoms with Crippen LogP contribution in [0.3, 0.4) is 0 Å². The molecule has 0 atom stereocenters. The molecule has 2 aromatic heterocycles. The maximum absolute atomic E-state index is 12.4. The first-order valence-electron chi connectivity index (χ1n) is 8.16. The molecule has 1 fully saturated rings. The Kier molecular flexibility index (Phi) is 4.04. The monoisotopic (exact) mass is 305 g/mol.